The molecule has 0 saturated carbocycles. The second-order valence-corrected chi connectivity index (χ2v) is 15.8. The first-order valence-electron chi connectivity index (χ1n) is 20.5. The summed E-state index contributed by atoms with van der Waals surface area (Å²) >= 11 is 1.82. The van der Waals surface area contributed by atoms with Crippen molar-refractivity contribution in [1.29, 1.82) is 0 Å². The molecule has 0 aliphatic carbocycles. The van der Waals surface area contributed by atoms with E-state index in [0.29, 0.717) is 0 Å². The summed E-state index contributed by atoms with van der Waals surface area (Å²) in [5, 5.41) is 9.62. The summed E-state index contributed by atoms with van der Waals surface area (Å²) in [6.07, 6.45) is 47.9. The summed E-state index contributed by atoms with van der Waals surface area (Å²) in [5.41, 5.74) is 0. The molecule has 0 saturated heterocycles. The molecular weight excluding hydrogens is 557 g/mol. The fourth-order valence-electron chi connectivity index (χ4n) is 6.96. The van der Waals surface area contributed by atoms with Crippen LogP contribution in [0.2, 0.25) is 0 Å². The summed E-state index contributed by atoms with van der Waals surface area (Å²) in [5.74, 6) is -0.339. The third-order valence-electron chi connectivity index (χ3n) is 9.96. The average Bonchev–Trinajstić information content (AvgIpc) is 3.02. The van der Waals surface area contributed by atoms with Gasteiger partial charge in [-0.2, -0.15) is 0 Å². The van der Waals surface area contributed by atoms with Crippen molar-refractivity contribution in [2.24, 2.45) is 0 Å². The van der Waals surface area contributed by atoms with Crippen LogP contribution in [0.15, 0.2) is 0 Å². The standard InChI is InChI=1S/C41H82O2S/c1-4-7-10-13-16-19-22-25-28-31-34-37-41(44-39-40(42)43,36-33-30-27-24-21-18-15-12-9-6-3)38-35-32-29-26-23-20-17-14-11-8-5-2/h4-39H2,1-3H3,(H,42,43). The van der Waals surface area contributed by atoms with E-state index in [9.17, 15) is 9.90 Å². The Kier molecular flexibility index (Phi) is 35.5. The van der Waals surface area contributed by atoms with E-state index in [1.807, 2.05) is 11.8 Å². The minimum absolute atomic E-state index is 0.192. The van der Waals surface area contributed by atoms with Crippen LogP contribution < -0.4 is 0 Å². The highest BCUT2D eigenvalue weighted by molar-refractivity contribution is 8.01. The molecular formula is C41H82O2S. The van der Waals surface area contributed by atoms with Crippen LogP contribution in [-0.2, 0) is 4.79 Å². The van der Waals surface area contributed by atoms with Gasteiger partial charge in [0.1, 0.15) is 0 Å². The summed E-state index contributed by atoms with van der Waals surface area (Å²) in [6, 6.07) is 0. The highest BCUT2D eigenvalue weighted by atomic mass is 32.2. The Morgan fingerprint density at radius 1 is 0.386 bits per heavy atom. The molecule has 0 heterocycles. The molecule has 264 valence electrons. The molecule has 0 unspecified atom stereocenters. The van der Waals surface area contributed by atoms with Crippen LogP contribution in [0.3, 0.4) is 0 Å². The van der Waals surface area contributed by atoms with Gasteiger partial charge in [-0.1, -0.05) is 226 Å². The Morgan fingerprint density at radius 2 is 0.591 bits per heavy atom. The first-order chi connectivity index (χ1) is 21.6. The summed E-state index contributed by atoms with van der Waals surface area (Å²) < 4.78 is 0.192. The molecule has 2 nitrogen and oxygen atoms in total. The SMILES string of the molecule is CCCCCCCCCCCCCC(CCCCCCCCCCCC)(CCCCCCCCCCCCC)SCC(=O)O. The topological polar surface area (TPSA) is 37.3 Å². The monoisotopic (exact) mass is 639 g/mol. The molecule has 1 N–H and O–H groups in total. The molecule has 0 aromatic heterocycles. The molecule has 3 heteroatoms. The Hall–Kier alpha value is -0.180. The van der Waals surface area contributed by atoms with Gasteiger partial charge in [-0.25, -0.2) is 0 Å². The van der Waals surface area contributed by atoms with Gasteiger partial charge < -0.3 is 5.11 Å². The van der Waals surface area contributed by atoms with Gasteiger partial charge in [0, 0.05) is 4.75 Å². The molecule has 0 aliphatic rings. The van der Waals surface area contributed by atoms with Crippen molar-refractivity contribution in [2.45, 2.75) is 250 Å². The van der Waals surface area contributed by atoms with Crippen LogP contribution in [0.25, 0.3) is 0 Å². The number of carboxylic acid groups (broad SMARTS) is 1. The second kappa shape index (κ2) is 35.7. The van der Waals surface area contributed by atoms with E-state index in [-0.39, 0.29) is 10.5 Å². The number of carboxylic acids is 1. The zero-order valence-corrected chi connectivity index (χ0v) is 31.5. The minimum atomic E-state index is -0.625. The van der Waals surface area contributed by atoms with Gasteiger partial charge in [0.25, 0.3) is 0 Å². The van der Waals surface area contributed by atoms with E-state index in [4.69, 9.17) is 0 Å². The van der Waals surface area contributed by atoms with Gasteiger partial charge in [0.05, 0.1) is 5.75 Å². The molecule has 0 fully saturated rings. The number of aliphatic carboxylic acids is 1. The fourth-order valence-corrected chi connectivity index (χ4v) is 8.26. The van der Waals surface area contributed by atoms with E-state index in [0.717, 1.165) is 0 Å². The molecule has 0 bridgehead atoms. The zero-order valence-electron chi connectivity index (χ0n) is 30.7. The maximum absolute atomic E-state index is 11.7. The normalized spacial score (nSPS) is 11.9. The number of thioether (sulfide) groups is 1. The molecule has 0 aromatic carbocycles. The predicted molar refractivity (Wildman–Crippen MR) is 201 cm³/mol. The van der Waals surface area contributed by atoms with Gasteiger partial charge in [-0.05, 0) is 19.3 Å². The maximum atomic E-state index is 11.7. The highest BCUT2D eigenvalue weighted by Gasteiger charge is 2.30. The predicted octanol–water partition coefficient (Wildman–Crippen LogP) is 15.3. The van der Waals surface area contributed by atoms with Crippen molar-refractivity contribution < 1.29 is 9.90 Å². The molecule has 0 amide bonds. The van der Waals surface area contributed by atoms with Gasteiger partial charge >= 0.3 is 5.97 Å². The lowest BCUT2D eigenvalue weighted by Gasteiger charge is -2.34. The molecule has 0 aliphatic heterocycles. The van der Waals surface area contributed by atoms with Crippen molar-refractivity contribution in [2.75, 3.05) is 5.75 Å². The van der Waals surface area contributed by atoms with Crippen molar-refractivity contribution >= 4 is 17.7 Å². The minimum Gasteiger partial charge on any atom is -0.481 e. The third-order valence-corrected chi connectivity index (χ3v) is 11.6. The zero-order chi connectivity index (χ0) is 32.2. The van der Waals surface area contributed by atoms with E-state index < -0.39 is 5.97 Å². The second-order valence-electron chi connectivity index (χ2n) is 14.4. The smallest absolute Gasteiger partial charge is 0.313 e. The Balaban J connectivity index is 4.59. The van der Waals surface area contributed by atoms with Crippen molar-refractivity contribution in [1.82, 2.24) is 0 Å². The lowest BCUT2D eigenvalue weighted by molar-refractivity contribution is -0.133. The summed E-state index contributed by atoms with van der Waals surface area (Å²) in [4.78, 5) is 11.7. The van der Waals surface area contributed by atoms with Gasteiger partial charge in [0.2, 0.25) is 0 Å². The average molecular weight is 639 g/mol. The lowest BCUT2D eigenvalue weighted by Crippen LogP contribution is -2.27. The molecule has 44 heavy (non-hydrogen) atoms. The van der Waals surface area contributed by atoms with E-state index in [2.05, 4.69) is 20.8 Å². The summed E-state index contributed by atoms with van der Waals surface area (Å²) in [7, 11) is 0. The molecule has 0 rings (SSSR count). The fraction of sp³-hybridized carbons (Fsp3) is 0.976. The quantitative estimate of drug-likeness (QED) is 0.0684. The first kappa shape index (κ1) is 43.8. The highest BCUT2D eigenvalue weighted by Crippen LogP contribution is 2.41. The number of hydrogen-bond acceptors (Lipinski definition) is 2. The number of unbranched alkanes of at least 4 members (excludes halogenated alkanes) is 29. The van der Waals surface area contributed by atoms with Crippen molar-refractivity contribution in [3.8, 4) is 0 Å². The number of rotatable bonds is 38. The van der Waals surface area contributed by atoms with Gasteiger partial charge in [-0.15, -0.1) is 11.8 Å². The van der Waals surface area contributed by atoms with Crippen LogP contribution >= 0.6 is 11.8 Å². The number of carbonyl (C=O) groups is 1. The largest absolute Gasteiger partial charge is 0.481 e. The van der Waals surface area contributed by atoms with Crippen LogP contribution in [0.4, 0.5) is 0 Å². The molecule has 0 atom stereocenters. The van der Waals surface area contributed by atoms with Gasteiger partial charge in [0.15, 0.2) is 0 Å². The molecule has 0 spiro atoms. The first-order valence-corrected chi connectivity index (χ1v) is 21.4. The lowest BCUT2D eigenvalue weighted by atomic mass is 9.88. The summed E-state index contributed by atoms with van der Waals surface area (Å²) in [6.45, 7) is 6.89. The van der Waals surface area contributed by atoms with E-state index in [1.54, 1.807) is 0 Å². The van der Waals surface area contributed by atoms with Crippen molar-refractivity contribution in [3.63, 3.8) is 0 Å². The number of hydrogen-bond donors (Lipinski definition) is 1. The Morgan fingerprint density at radius 3 is 0.795 bits per heavy atom. The Labute approximate surface area is 282 Å². The van der Waals surface area contributed by atoms with Crippen LogP contribution in [-0.4, -0.2) is 21.6 Å². The van der Waals surface area contributed by atoms with Gasteiger partial charge in [-0.3, -0.25) is 4.79 Å². The maximum Gasteiger partial charge on any atom is 0.313 e. The van der Waals surface area contributed by atoms with E-state index in [1.165, 1.54) is 225 Å². The Bertz CT molecular complexity index is 537. The van der Waals surface area contributed by atoms with Crippen LogP contribution in [0.1, 0.15) is 245 Å². The molecule has 0 radical (unpaired) electrons. The van der Waals surface area contributed by atoms with Crippen molar-refractivity contribution in [3.05, 3.63) is 0 Å². The van der Waals surface area contributed by atoms with Crippen LogP contribution in [0.5, 0.6) is 0 Å². The van der Waals surface area contributed by atoms with E-state index >= 15 is 0 Å². The van der Waals surface area contributed by atoms with Crippen LogP contribution in [0, 0.1) is 0 Å². The molecule has 0 aromatic rings. The third kappa shape index (κ3) is 31.8.